The minimum atomic E-state index is 0.0408. The minimum Gasteiger partial charge on any atom is -0.325 e. The number of amides is 1. The summed E-state index contributed by atoms with van der Waals surface area (Å²) < 4.78 is 1.03. The number of nitrogens with one attached hydrogen (secondary N) is 1. The molecule has 1 N–H and O–H groups in total. The third kappa shape index (κ3) is 5.19. The number of hydrogen-bond acceptors (Lipinski definition) is 2. The van der Waals surface area contributed by atoms with E-state index >= 15 is 0 Å². The van der Waals surface area contributed by atoms with Gasteiger partial charge in [-0.3, -0.25) is 9.69 Å². The smallest absolute Gasteiger partial charge is 0.238 e. The van der Waals surface area contributed by atoms with E-state index in [-0.39, 0.29) is 5.91 Å². The molecule has 1 amide bonds. The van der Waals surface area contributed by atoms with Gasteiger partial charge in [0.25, 0.3) is 0 Å². The Bertz CT molecular complexity index is 407. The molecule has 0 unspecified atom stereocenters. The van der Waals surface area contributed by atoms with Gasteiger partial charge >= 0.3 is 0 Å². The zero-order valence-electron chi connectivity index (χ0n) is 11.3. The molecule has 0 atom stereocenters. The Hall–Kier alpha value is -0.870. The lowest BCUT2D eigenvalue weighted by Crippen LogP contribution is -2.31. The topological polar surface area (TPSA) is 32.3 Å². The summed E-state index contributed by atoms with van der Waals surface area (Å²) in [7, 11) is 1.98. The monoisotopic (exact) mass is 312 g/mol. The predicted molar refractivity (Wildman–Crippen MR) is 79.9 cm³/mol. The average molecular weight is 313 g/mol. The van der Waals surface area contributed by atoms with Crippen molar-refractivity contribution < 1.29 is 4.79 Å². The maximum absolute atomic E-state index is 11.9. The zero-order valence-corrected chi connectivity index (χ0v) is 12.9. The number of nitrogens with zero attached hydrogens (tertiary/aromatic N) is 1. The molecule has 0 saturated heterocycles. The van der Waals surface area contributed by atoms with Gasteiger partial charge in [0.05, 0.1) is 6.54 Å². The van der Waals surface area contributed by atoms with Gasteiger partial charge in [-0.15, -0.1) is 0 Å². The van der Waals surface area contributed by atoms with Crippen molar-refractivity contribution in [2.24, 2.45) is 0 Å². The molecule has 0 radical (unpaired) electrons. The number of anilines is 1. The number of hydrogen-bond donors (Lipinski definition) is 1. The minimum absolute atomic E-state index is 0.0408. The zero-order chi connectivity index (χ0) is 13.5. The molecular formula is C14H21BrN2O. The van der Waals surface area contributed by atoms with E-state index in [4.69, 9.17) is 0 Å². The summed E-state index contributed by atoms with van der Waals surface area (Å²) in [6.45, 7) is 5.54. The second-order valence-corrected chi connectivity index (χ2v) is 5.51. The average Bonchev–Trinajstić information content (AvgIpc) is 2.30. The van der Waals surface area contributed by atoms with E-state index in [2.05, 4.69) is 28.2 Å². The van der Waals surface area contributed by atoms with Crippen molar-refractivity contribution in [3.05, 3.63) is 28.2 Å². The third-order valence-corrected chi connectivity index (χ3v) is 3.26. The maximum atomic E-state index is 11.9. The molecule has 1 rings (SSSR count). The highest BCUT2D eigenvalue weighted by atomic mass is 79.9. The largest absolute Gasteiger partial charge is 0.325 e. The van der Waals surface area contributed by atoms with Crippen LogP contribution >= 0.6 is 15.9 Å². The molecule has 0 saturated carbocycles. The number of rotatable bonds is 6. The van der Waals surface area contributed by atoms with Crippen LogP contribution in [0, 0.1) is 6.92 Å². The van der Waals surface area contributed by atoms with Crippen molar-refractivity contribution in [2.45, 2.75) is 26.7 Å². The summed E-state index contributed by atoms with van der Waals surface area (Å²) in [4.78, 5) is 13.9. The number of unbranched alkanes of at least 4 members (excludes halogenated alkanes) is 1. The molecule has 1 aromatic rings. The predicted octanol–water partition coefficient (Wildman–Crippen LogP) is 3.43. The lowest BCUT2D eigenvalue weighted by atomic mass is 10.2. The highest BCUT2D eigenvalue weighted by molar-refractivity contribution is 9.10. The Kier molecular flexibility index (Phi) is 6.36. The fraction of sp³-hybridized carbons (Fsp3) is 0.500. The normalized spacial score (nSPS) is 10.7. The molecule has 0 spiro atoms. The molecule has 18 heavy (non-hydrogen) atoms. The molecule has 3 nitrogen and oxygen atoms in total. The van der Waals surface area contributed by atoms with Gasteiger partial charge in [0.1, 0.15) is 0 Å². The maximum Gasteiger partial charge on any atom is 0.238 e. The lowest BCUT2D eigenvalue weighted by molar-refractivity contribution is -0.117. The Labute approximate surface area is 118 Å². The molecule has 0 heterocycles. The first-order chi connectivity index (χ1) is 8.52. The van der Waals surface area contributed by atoms with Gasteiger partial charge in [-0.05, 0) is 50.7 Å². The van der Waals surface area contributed by atoms with Crippen LogP contribution in [0.3, 0.4) is 0 Å². The second kappa shape index (κ2) is 7.54. The number of aryl methyl sites for hydroxylation is 1. The van der Waals surface area contributed by atoms with Crippen molar-refractivity contribution in [2.75, 3.05) is 25.5 Å². The van der Waals surface area contributed by atoms with Gasteiger partial charge in [0, 0.05) is 10.2 Å². The first-order valence-corrected chi connectivity index (χ1v) is 7.06. The Balaban J connectivity index is 2.49. The van der Waals surface area contributed by atoms with Gasteiger partial charge < -0.3 is 5.32 Å². The summed E-state index contributed by atoms with van der Waals surface area (Å²) in [5.74, 6) is 0.0408. The number of halogens is 1. The number of likely N-dealkylation sites (N-methyl/N-ethyl adjacent to an activating group) is 1. The van der Waals surface area contributed by atoms with Crippen molar-refractivity contribution in [3.63, 3.8) is 0 Å². The van der Waals surface area contributed by atoms with Crippen LogP contribution in [0.5, 0.6) is 0 Å². The Morgan fingerprint density at radius 2 is 2.17 bits per heavy atom. The lowest BCUT2D eigenvalue weighted by Gasteiger charge is -2.16. The molecule has 1 aromatic carbocycles. The highest BCUT2D eigenvalue weighted by Gasteiger charge is 2.07. The molecule has 0 fully saturated rings. The molecule has 0 aliphatic carbocycles. The number of carbonyl (C=O) groups excluding carboxylic acids is 1. The highest BCUT2D eigenvalue weighted by Crippen LogP contribution is 2.19. The molecule has 100 valence electrons. The summed E-state index contributed by atoms with van der Waals surface area (Å²) in [6.07, 6.45) is 2.28. The van der Waals surface area contributed by atoms with Gasteiger partial charge in [0.2, 0.25) is 5.91 Å². The summed E-state index contributed by atoms with van der Waals surface area (Å²) in [6, 6.07) is 5.85. The molecule has 0 bridgehead atoms. The summed E-state index contributed by atoms with van der Waals surface area (Å²) >= 11 is 3.41. The van der Waals surface area contributed by atoms with E-state index in [0.29, 0.717) is 6.54 Å². The van der Waals surface area contributed by atoms with Crippen molar-refractivity contribution in [1.82, 2.24) is 4.90 Å². The van der Waals surface area contributed by atoms with E-state index in [1.54, 1.807) is 0 Å². The number of carbonyl (C=O) groups is 1. The molecule has 0 aromatic heterocycles. The summed E-state index contributed by atoms with van der Waals surface area (Å²) in [5, 5.41) is 2.94. The van der Waals surface area contributed by atoms with Gasteiger partial charge in [-0.25, -0.2) is 0 Å². The second-order valence-electron chi connectivity index (χ2n) is 4.60. The first kappa shape index (κ1) is 15.2. The van der Waals surface area contributed by atoms with E-state index in [9.17, 15) is 4.79 Å². The summed E-state index contributed by atoms with van der Waals surface area (Å²) in [5.41, 5.74) is 1.95. The van der Waals surface area contributed by atoms with E-state index in [1.807, 2.05) is 37.1 Å². The quantitative estimate of drug-likeness (QED) is 0.873. The van der Waals surface area contributed by atoms with Crippen LogP contribution < -0.4 is 5.32 Å². The van der Waals surface area contributed by atoms with Crippen LogP contribution in [0.25, 0.3) is 0 Å². The van der Waals surface area contributed by atoms with E-state index in [1.165, 1.54) is 0 Å². The van der Waals surface area contributed by atoms with Gasteiger partial charge in [0.15, 0.2) is 0 Å². The standard InChI is InChI=1S/C14H21BrN2O/c1-4-5-8-17(3)10-14(18)16-13-7-6-12(15)9-11(13)2/h6-7,9H,4-5,8,10H2,1-3H3,(H,16,18). The fourth-order valence-electron chi connectivity index (χ4n) is 1.71. The third-order valence-electron chi connectivity index (χ3n) is 2.77. The molecule has 0 aliphatic heterocycles. The molecular weight excluding hydrogens is 292 g/mol. The van der Waals surface area contributed by atoms with Crippen LogP contribution in [-0.4, -0.2) is 30.9 Å². The van der Waals surface area contributed by atoms with Gasteiger partial charge in [-0.2, -0.15) is 0 Å². The van der Waals surface area contributed by atoms with Crippen molar-refractivity contribution >= 4 is 27.5 Å². The molecule has 4 heteroatoms. The van der Waals surface area contributed by atoms with Gasteiger partial charge in [-0.1, -0.05) is 29.3 Å². The first-order valence-electron chi connectivity index (χ1n) is 6.27. The van der Waals surface area contributed by atoms with Crippen LogP contribution in [0.4, 0.5) is 5.69 Å². The SMILES string of the molecule is CCCCN(C)CC(=O)Nc1ccc(Br)cc1C. The molecule has 0 aliphatic rings. The van der Waals surface area contributed by atoms with Crippen molar-refractivity contribution in [3.8, 4) is 0 Å². The van der Waals surface area contributed by atoms with Crippen LogP contribution in [0.2, 0.25) is 0 Å². The van der Waals surface area contributed by atoms with E-state index < -0.39 is 0 Å². The fourth-order valence-corrected chi connectivity index (χ4v) is 2.18. The number of benzene rings is 1. The van der Waals surface area contributed by atoms with Crippen LogP contribution in [0.15, 0.2) is 22.7 Å². The van der Waals surface area contributed by atoms with Crippen LogP contribution in [-0.2, 0) is 4.79 Å². The Morgan fingerprint density at radius 1 is 1.44 bits per heavy atom. The van der Waals surface area contributed by atoms with Crippen molar-refractivity contribution in [1.29, 1.82) is 0 Å². The van der Waals surface area contributed by atoms with E-state index in [0.717, 1.165) is 35.1 Å². The van der Waals surface area contributed by atoms with Crippen LogP contribution in [0.1, 0.15) is 25.3 Å². The Morgan fingerprint density at radius 3 is 2.78 bits per heavy atom.